The highest BCUT2D eigenvalue weighted by Crippen LogP contribution is 2.48. The lowest BCUT2D eigenvalue weighted by molar-refractivity contribution is -0.292. The van der Waals surface area contributed by atoms with E-state index in [1.54, 1.807) is 11.8 Å². The van der Waals surface area contributed by atoms with Crippen molar-refractivity contribution in [2.45, 2.75) is 69.1 Å². The van der Waals surface area contributed by atoms with Crippen molar-refractivity contribution >= 4 is 46.8 Å². The number of esters is 2. The second-order valence-electron chi connectivity index (χ2n) is 12.6. The van der Waals surface area contributed by atoms with Crippen LogP contribution in [-0.2, 0) is 38.3 Å². The maximum absolute atomic E-state index is 13.0. The topological polar surface area (TPSA) is 124 Å². The summed E-state index contributed by atoms with van der Waals surface area (Å²) in [6.07, 6.45) is 5.60. The van der Waals surface area contributed by atoms with Gasteiger partial charge in [0.25, 0.3) is 0 Å². The molecule has 0 spiro atoms. The molecule has 0 saturated carbocycles. The van der Waals surface area contributed by atoms with Gasteiger partial charge in [-0.15, -0.1) is 0 Å². The van der Waals surface area contributed by atoms with Crippen molar-refractivity contribution in [3.8, 4) is 6.07 Å². The zero-order valence-corrected chi connectivity index (χ0v) is 33.0. The van der Waals surface area contributed by atoms with Gasteiger partial charge in [0.2, 0.25) is 5.70 Å². The Morgan fingerprint density at radius 1 is 0.796 bits per heavy atom. The van der Waals surface area contributed by atoms with Gasteiger partial charge >= 0.3 is 11.9 Å². The number of fused-ring (bicyclic) bond motifs is 2. The van der Waals surface area contributed by atoms with Gasteiger partial charge in [0.1, 0.15) is 30.9 Å². The van der Waals surface area contributed by atoms with E-state index in [9.17, 15) is 14.9 Å². The largest absolute Gasteiger partial charge is 0.466 e. The molecule has 1 unspecified atom stereocenters. The molecular formula is C40H50N4O8S2. The lowest BCUT2D eigenvalue weighted by Gasteiger charge is -2.23. The van der Waals surface area contributed by atoms with Crippen molar-refractivity contribution < 1.29 is 38.3 Å². The van der Waals surface area contributed by atoms with Crippen LogP contribution in [0.5, 0.6) is 0 Å². The van der Waals surface area contributed by atoms with Crippen LogP contribution in [0.25, 0.3) is 4.85 Å². The van der Waals surface area contributed by atoms with Crippen LogP contribution in [0.4, 0.5) is 11.4 Å². The maximum Gasteiger partial charge on any atom is 0.351 e. The molecule has 14 heteroatoms. The van der Waals surface area contributed by atoms with Crippen LogP contribution in [-0.4, -0.2) is 77.9 Å². The van der Waals surface area contributed by atoms with Gasteiger partial charge in [0, 0.05) is 29.8 Å². The lowest BCUT2D eigenvalue weighted by Crippen LogP contribution is -2.23. The third-order valence-corrected chi connectivity index (χ3v) is 11.1. The van der Waals surface area contributed by atoms with Gasteiger partial charge in [-0.25, -0.2) is 19.4 Å². The highest BCUT2D eigenvalue weighted by atomic mass is 32.2. The van der Waals surface area contributed by atoms with E-state index in [0.29, 0.717) is 36.4 Å². The molecule has 54 heavy (non-hydrogen) atoms. The predicted molar refractivity (Wildman–Crippen MR) is 209 cm³/mol. The molecule has 2 aliphatic rings. The van der Waals surface area contributed by atoms with Gasteiger partial charge in [-0.3, -0.25) is 4.79 Å². The summed E-state index contributed by atoms with van der Waals surface area (Å²) in [4.78, 5) is 44.7. The molecule has 0 N–H and O–H groups in total. The molecule has 0 aromatic heterocycles. The van der Waals surface area contributed by atoms with Crippen molar-refractivity contribution in [3.63, 3.8) is 0 Å². The molecule has 290 valence electrons. The van der Waals surface area contributed by atoms with E-state index in [4.69, 9.17) is 35.3 Å². The van der Waals surface area contributed by atoms with E-state index in [-0.39, 0.29) is 51.2 Å². The molecule has 0 saturated heterocycles. The number of ether oxygens (including phenoxy) is 4. The van der Waals surface area contributed by atoms with Gasteiger partial charge in [0.15, 0.2) is 5.57 Å². The average Bonchev–Trinajstić information content (AvgIpc) is 3.73. The van der Waals surface area contributed by atoms with Crippen LogP contribution in [0.1, 0.15) is 59.3 Å². The number of thioether (sulfide) groups is 2. The van der Waals surface area contributed by atoms with Gasteiger partial charge in [0.05, 0.1) is 56.0 Å². The number of nitriles is 1. The third-order valence-electron chi connectivity index (χ3n) is 8.67. The third kappa shape index (κ3) is 13.1. The molecular weight excluding hydrogens is 729 g/mol. The normalized spacial score (nSPS) is 15.6. The SMILES string of the molecule is [C-]#[N+]C(COOCCOCCOCCOC(=O)C(C#N)=C1Sc2ccccc2N1CCCCCCOC(C)=O)=C1Sc2ccccc2N1CCC(C)CC. The summed E-state index contributed by atoms with van der Waals surface area (Å²) in [5.41, 5.74) is 2.54. The molecule has 4 rings (SSSR count). The summed E-state index contributed by atoms with van der Waals surface area (Å²) in [6, 6.07) is 18.1. The Labute approximate surface area is 327 Å². The minimum Gasteiger partial charge on any atom is -0.466 e. The maximum atomic E-state index is 13.0. The highest BCUT2D eigenvalue weighted by Gasteiger charge is 2.31. The standard InChI is InChI=1S/C40H50N4O8S2/c1-5-30(2)18-20-44-35-15-9-11-17-37(35)54-39(44)33(42-4)29-52-51-27-25-48-23-22-47-24-26-50-40(46)32(28-41)38-43(34-14-8-10-16-36(34)53-38)19-12-6-7-13-21-49-31(3)45/h8-11,14-17,30H,5-7,12-13,18-27,29H2,1-3H3. The Bertz CT molecular complexity index is 1690. The Balaban J connectivity index is 1.11. The number of carbonyl (C=O) groups is 2. The Morgan fingerprint density at radius 2 is 1.41 bits per heavy atom. The first-order chi connectivity index (χ1) is 26.4. The van der Waals surface area contributed by atoms with E-state index in [2.05, 4.69) is 41.8 Å². The van der Waals surface area contributed by atoms with Crippen LogP contribution in [0.2, 0.25) is 0 Å². The molecule has 2 heterocycles. The lowest BCUT2D eigenvalue weighted by atomic mass is 10.1. The molecule has 2 aromatic rings. The number of hydrogen-bond donors (Lipinski definition) is 0. The summed E-state index contributed by atoms with van der Waals surface area (Å²) in [6.45, 7) is 16.7. The van der Waals surface area contributed by atoms with E-state index >= 15 is 0 Å². The summed E-state index contributed by atoms with van der Waals surface area (Å²) < 4.78 is 21.5. The Morgan fingerprint density at radius 3 is 2.06 bits per heavy atom. The monoisotopic (exact) mass is 778 g/mol. The van der Waals surface area contributed by atoms with Crippen LogP contribution < -0.4 is 9.80 Å². The molecule has 0 aliphatic carbocycles. The molecule has 1 atom stereocenters. The first kappa shape index (κ1) is 42.7. The van der Waals surface area contributed by atoms with Crippen molar-refractivity contribution in [1.29, 1.82) is 5.26 Å². The predicted octanol–water partition coefficient (Wildman–Crippen LogP) is 8.12. The van der Waals surface area contributed by atoms with Gasteiger partial charge < -0.3 is 28.7 Å². The second kappa shape index (κ2) is 23.7. The fourth-order valence-electron chi connectivity index (χ4n) is 5.57. The number of hydrogen-bond acceptors (Lipinski definition) is 13. The first-order valence-corrected chi connectivity index (χ1v) is 20.0. The molecule has 0 bridgehead atoms. The number of nitrogens with zero attached hydrogens (tertiary/aromatic N) is 4. The Hall–Kier alpha value is -4.02. The van der Waals surface area contributed by atoms with Crippen LogP contribution in [0.3, 0.4) is 0 Å². The summed E-state index contributed by atoms with van der Waals surface area (Å²) in [5.74, 6) is -0.374. The van der Waals surface area contributed by atoms with Crippen LogP contribution in [0.15, 0.2) is 79.7 Å². The van der Waals surface area contributed by atoms with Crippen molar-refractivity contribution in [2.75, 3.05) is 75.7 Å². The smallest absolute Gasteiger partial charge is 0.351 e. The van der Waals surface area contributed by atoms with E-state index < -0.39 is 5.97 Å². The second-order valence-corrected chi connectivity index (χ2v) is 14.7. The van der Waals surface area contributed by atoms with E-state index in [1.165, 1.54) is 18.7 Å². The number of carbonyl (C=O) groups excluding carboxylic acids is 2. The number of benzene rings is 2. The molecule has 2 aromatic carbocycles. The van der Waals surface area contributed by atoms with Crippen LogP contribution >= 0.6 is 23.5 Å². The molecule has 0 amide bonds. The number of rotatable bonds is 24. The highest BCUT2D eigenvalue weighted by molar-refractivity contribution is 8.04. The number of para-hydroxylation sites is 2. The zero-order chi connectivity index (χ0) is 38.5. The summed E-state index contributed by atoms with van der Waals surface area (Å²) >= 11 is 2.98. The van der Waals surface area contributed by atoms with Gasteiger partial charge in [-0.1, -0.05) is 74.5 Å². The van der Waals surface area contributed by atoms with Gasteiger partial charge in [-0.2, -0.15) is 5.26 Å². The molecule has 2 aliphatic heterocycles. The van der Waals surface area contributed by atoms with Crippen molar-refractivity contribution in [1.82, 2.24) is 0 Å². The summed E-state index contributed by atoms with van der Waals surface area (Å²) in [5, 5.41) is 11.4. The zero-order valence-electron chi connectivity index (χ0n) is 31.4. The number of anilines is 2. The van der Waals surface area contributed by atoms with Gasteiger partial charge in [-0.05, 0) is 55.9 Å². The minimum absolute atomic E-state index is 0.00842. The van der Waals surface area contributed by atoms with E-state index in [0.717, 1.165) is 71.3 Å². The minimum atomic E-state index is -0.692. The molecule has 0 fully saturated rings. The fraction of sp³-hybridized carbons (Fsp3) is 0.500. The van der Waals surface area contributed by atoms with Crippen molar-refractivity contribution in [3.05, 3.63) is 81.3 Å². The Kier molecular flexibility index (Phi) is 18.7. The summed E-state index contributed by atoms with van der Waals surface area (Å²) in [7, 11) is 0. The molecule has 0 radical (unpaired) electrons. The van der Waals surface area contributed by atoms with Crippen LogP contribution in [0, 0.1) is 23.8 Å². The number of unbranched alkanes of at least 4 members (excludes halogenated alkanes) is 3. The quantitative estimate of drug-likeness (QED) is 0.0194. The first-order valence-electron chi connectivity index (χ1n) is 18.4. The van der Waals surface area contributed by atoms with Crippen molar-refractivity contribution in [2.24, 2.45) is 5.92 Å². The average molecular weight is 779 g/mol. The van der Waals surface area contributed by atoms with E-state index in [1.807, 2.05) is 41.3 Å². The molecule has 12 nitrogen and oxygen atoms in total. The fourth-order valence-corrected chi connectivity index (χ4v) is 7.90.